The summed E-state index contributed by atoms with van der Waals surface area (Å²) in [4.78, 5) is 55.3. The van der Waals surface area contributed by atoms with Gasteiger partial charge in [-0.3, -0.25) is 19.3 Å². The first kappa shape index (κ1) is 22.2. The predicted octanol–water partition coefficient (Wildman–Crippen LogP) is 5.18. The summed E-state index contributed by atoms with van der Waals surface area (Å²) in [7, 11) is 0. The number of rotatable bonds is 5. The molecule has 0 spiro atoms. The van der Waals surface area contributed by atoms with Crippen LogP contribution in [0.1, 0.15) is 37.9 Å². The number of carbonyl (C=O) groups excluding carboxylic acids is 4. The molecule has 6 heteroatoms. The van der Waals surface area contributed by atoms with Gasteiger partial charge in [0, 0.05) is 11.1 Å². The van der Waals surface area contributed by atoms with Crippen molar-refractivity contribution < 1.29 is 19.2 Å². The quantitative estimate of drug-likeness (QED) is 0.233. The van der Waals surface area contributed by atoms with E-state index in [4.69, 9.17) is 0 Å². The zero-order valence-electron chi connectivity index (χ0n) is 19.0. The Morgan fingerprint density at radius 3 is 2.17 bits per heavy atom. The number of Topliss-reactive ketones (excluding diaryl/α,β-unsaturated/α-hetero) is 1. The van der Waals surface area contributed by atoms with Crippen LogP contribution in [0.3, 0.4) is 0 Å². The summed E-state index contributed by atoms with van der Waals surface area (Å²) in [6, 6.07) is 26.3. The van der Waals surface area contributed by atoms with E-state index < -0.39 is 23.9 Å². The van der Waals surface area contributed by atoms with Crippen molar-refractivity contribution in [3.05, 3.63) is 119 Å². The molecule has 0 saturated carbocycles. The van der Waals surface area contributed by atoms with Crippen molar-refractivity contribution in [3.8, 4) is 0 Å². The van der Waals surface area contributed by atoms with Crippen LogP contribution in [-0.2, 0) is 4.79 Å². The normalized spacial score (nSPS) is 15.6. The Balaban J connectivity index is 1.52. The second-order valence-corrected chi connectivity index (χ2v) is 8.50. The van der Waals surface area contributed by atoms with Crippen molar-refractivity contribution in [1.82, 2.24) is 9.80 Å². The van der Waals surface area contributed by atoms with Crippen molar-refractivity contribution in [2.45, 2.75) is 13.0 Å². The average molecular weight is 463 g/mol. The summed E-state index contributed by atoms with van der Waals surface area (Å²) < 4.78 is 0. The monoisotopic (exact) mass is 462 g/mol. The van der Waals surface area contributed by atoms with Crippen molar-refractivity contribution in [1.29, 1.82) is 0 Å². The molecule has 0 aromatic heterocycles. The Morgan fingerprint density at radius 1 is 0.771 bits per heavy atom. The maximum atomic E-state index is 13.5. The number of hydrogen-bond donors (Lipinski definition) is 0. The molecule has 4 aromatic rings. The van der Waals surface area contributed by atoms with E-state index in [0.29, 0.717) is 16.0 Å². The van der Waals surface area contributed by atoms with Gasteiger partial charge in [-0.15, -0.1) is 0 Å². The minimum Gasteiger partial charge on any atom is -0.300 e. The topological polar surface area (TPSA) is 74.8 Å². The van der Waals surface area contributed by atoms with Gasteiger partial charge in [0.1, 0.15) is 6.04 Å². The van der Waals surface area contributed by atoms with E-state index in [-0.39, 0.29) is 17.9 Å². The maximum Gasteiger partial charge on any atom is 0.335 e. The molecular weight excluding hydrogens is 440 g/mol. The van der Waals surface area contributed by atoms with Gasteiger partial charge in [0.25, 0.3) is 11.8 Å². The summed E-state index contributed by atoms with van der Waals surface area (Å²) in [5.74, 6) is -1.69. The maximum absolute atomic E-state index is 13.5. The zero-order chi connectivity index (χ0) is 24.5. The largest absolute Gasteiger partial charge is 0.335 e. The first-order chi connectivity index (χ1) is 17.0. The van der Waals surface area contributed by atoms with Crippen molar-refractivity contribution >= 4 is 34.4 Å². The Hall–Kier alpha value is -4.58. The van der Waals surface area contributed by atoms with Gasteiger partial charge in [0.15, 0.2) is 5.78 Å². The number of fused-ring (bicyclic) bond motifs is 1. The lowest BCUT2D eigenvalue weighted by Gasteiger charge is -2.21. The minimum absolute atomic E-state index is 0.233. The standard InChI is InChI=1S/C29H22N2O4/c1-19-9-8-14-20-15-16-23(17-24(19)20)27(33)31-28(34)26(22-12-6-3-7-13-22)30(29(31)35)18-25(32)21-10-4-2-5-11-21/h2-17,26H,18H2,1H3. The molecule has 6 nitrogen and oxygen atoms in total. The lowest BCUT2D eigenvalue weighted by Crippen LogP contribution is -2.39. The van der Waals surface area contributed by atoms with Crippen LogP contribution in [0, 0.1) is 6.92 Å². The van der Waals surface area contributed by atoms with Crippen LogP contribution in [0.15, 0.2) is 97.1 Å². The smallest absolute Gasteiger partial charge is 0.300 e. The fourth-order valence-electron chi connectivity index (χ4n) is 4.45. The van der Waals surface area contributed by atoms with Crippen LogP contribution < -0.4 is 0 Å². The zero-order valence-corrected chi connectivity index (χ0v) is 19.0. The molecule has 1 heterocycles. The molecule has 4 amide bonds. The number of imide groups is 3. The first-order valence-corrected chi connectivity index (χ1v) is 11.3. The van der Waals surface area contributed by atoms with Crippen molar-refractivity contribution in [2.24, 2.45) is 0 Å². The lowest BCUT2D eigenvalue weighted by atomic mass is 10.0. The summed E-state index contributed by atoms with van der Waals surface area (Å²) in [6.45, 7) is 1.61. The van der Waals surface area contributed by atoms with Crippen LogP contribution in [0.4, 0.5) is 4.79 Å². The van der Waals surface area contributed by atoms with Crippen LogP contribution in [-0.4, -0.2) is 40.0 Å². The van der Waals surface area contributed by atoms with Crippen LogP contribution >= 0.6 is 0 Å². The van der Waals surface area contributed by atoms with E-state index in [9.17, 15) is 19.2 Å². The molecule has 0 radical (unpaired) electrons. The Morgan fingerprint density at radius 2 is 1.46 bits per heavy atom. The van der Waals surface area contributed by atoms with Gasteiger partial charge in [0.2, 0.25) is 0 Å². The number of carbonyl (C=O) groups is 4. The third-order valence-corrected chi connectivity index (χ3v) is 6.28. The van der Waals surface area contributed by atoms with Gasteiger partial charge in [-0.25, -0.2) is 4.79 Å². The van der Waals surface area contributed by atoms with E-state index in [1.807, 2.05) is 25.1 Å². The molecule has 1 unspecified atom stereocenters. The van der Waals surface area contributed by atoms with Crippen molar-refractivity contribution in [2.75, 3.05) is 6.54 Å². The number of benzene rings is 4. The van der Waals surface area contributed by atoms with Gasteiger partial charge in [-0.2, -0.15) is 4.90 Å². The molecule has 4 aromatic carbocycles. The number of amides is 4. The molecule has 1 aliphatic rings. The second-order valence-electron chi connectivity index (χ2n) is 8.50. The molecule has 5 rings (SSSR count). The number of ketones is 1. The lowest BCUT2D eigenvalue weighted by molar-refractivity contribution is -0.126. The van der Waals surface area contributed by atoms with E-state index >= 15 is 0 Å². The highest BCUT2D eigenvalue weighted by molar-refractivity contribution is 6.22. The molecule has 35 heavy (non-hydrogen) atoms. The molecule has 0 aliphatic carbocycles. The fourth-order valence-corrected chi connectivity index (χ4v) is 4.45. The summed E-state index contributed by atoms with van der Waals surface area (Å²) in [5, 5.41) is 1.83. The van der Waals surface area contributed by atoms with Crippen LogP contribution in [0.5, 0.6) is 0 Å². The highest BCUT2D eigenvalue weighted by atomic mass is 16.2. The highest BCUT2D eigenvalue weighted by Gasteiger charge is 2.49. The molecule has 1 aliphatic heterocycles. The van der Waals surface area contributed by atoms with Gasteiger partial charge in [-0.1, -0.05) is 84.9 Å². The molecule has 1 atom stereocenters. The molecule has 1 saturated heterocycles. The average Bonchev–Trinajstić information content (AvgIpc) is 3.13. The minimum atomic E-state index is -1.07. The Kier molecular flexibility index (Phi) is 5.71. The highest BCUT2D eigenvalue weighted by Crippen LogP contribution is 2.33. The number of hydrogen-bond acceptors (Lipinski definition) is 4. The molecular formula is C29H22N2O4. The van der Waals surface area contributed by atoms with Gasteiger partial charge < -0.3 is 0 Å². The molecule has 0 N–H and O–H groups in total. The molecule has 1 fully saturated rings. The third-order valence-electron chi connectivity index (χ3n) is 6.28. The number of urea groups is 1. The first-order valence-electron chi connectivity index (χ1n) is 11.3. The van der Waals surface area contributed by atoms with Gasteiger partial charge in [-0.05, 0) is 41.0 Å². The van der Waals surface area contributed by atoms with Crippen LogP contribution in [0.25, 0.3) is 10.8 Å². The molecule has 0 bridgehead atoms. The predicted molar refractivity (Wildman–Crippen MR) is 132 cm³/mol. The van der Waals surface area contributed by atoms with Gasteiger partial charge >= 0.3 is 6.03 Å². The number of nitrogens with zero attached hydrogens (tertiary/aromatic N) is 2. The Bertz CT molecular complexity index is 1460. The van der Waals surface area contributed by atoms with Gasteiger partial charge in [0.05, 0.1) is 6.54 Å². The summed E-state index contributed by atoms with van der Waals surface area (Å²) in [5.41, 5.74) is 2.18. The number of aryl methyl sites for hydroxylation is 1. The van der Waals surface area contributed by atoms with E-state index in [0.717, 1.165) is 16.3 Å². The summed E-state index contributed by atoms with van der Waals surface area (Å²) in [6.07, 6.45) is 0. The Labute approximate surface area is 202 Å². The fraction of sp³-hybridized carbons (Fsp3) is 0.103. The second kappa shape index (κ2) is 8.99. The van der Waals surface area contributed by atoms with Crippen LogP contribution in [0.2, 0.25) is 0 Å². The van der Waals surface area contributed by atoms with Crippen molar-refractivity contribution in [3.63, 3.8) is 0 Å². The molecule has 172 valence electrons. The SMILES string of the molecule is Cc1cccc2ccc(C(=O)N3C(=O)C(c4ccccc4)N(CC(=O)c4ccccc4)C3=O)cc12. The van der Waals surface area contributed by atoms with E-state index in [1.54, 1.807) is 78.9 Å². The van der Waals surface area contributed by atoms with E-state index in [1.165, 1.54) is 4.90 Å². The third kappa shape index (κ3) is 3.99. The summed E-state index contributed by atoms with van der Waals surface area (Å²) >= 11 is 0. The van der Waals surface area contributed by atoms with E-state index in [2.05, 4.69) is 0 Å².